The van der Waals surface area contributed by atoms with Gasteiger partial charge in [0.1, 0.15) is 28.3 Å². The summed E-state index contributed by atoms with van der Waals surface area (Å²) < 4.78 is 5.63. The molecule has 2 aliphatic rings. The van der Waals surface area contributed by atoms with E-state index in [1.165, 1.54) is 10.4 Å². The number of Topliss-reactive ketones (excluding diaryl/α,β-unsaturated/α-hetero) is 1. The average Bonchev–Trinajstić information content (AvgIpc) is 3.39. The number of carbonyl (C=O) groups is 1. The van der Waals surface area contributed by atoms with Gasteiger partial charge in [-0.3, -0.25) is 9.79 Å². The Morgan fingerprint density at radius 3 is 2.97 bits per heavy atom. The second-order valence-corrected chi connectivity index (χ2v) is 10.5. The van der Waals surface area contributed by atoms with E-state index in [4.69, 9.17) is 4.74 Å². The SMILES string of the molecule is COc1cc2c(cc1Nc1ncnc3sc4c(c13)CCC(CCC(=O)C(C)(C)O)C4)C=NC2. The number of aliphatic hydroxyl groups is 1. The molecule has 0 amide bonds. The number of aliphatic imine (C=N–C) groups is 1. The number of aryl methyl sites for hydroxylation is 1. The van der Waals surface area contributed by atoms with E-state index in [2.05, 4.69) is 26.3 Å². The van der Waals surface area contributed by atoms with Gasteiger partial charge in [0.2, 0.25) is 0 Å². The van der Waals surface area contributed by atoms with Crippen LogP contribution in [0, 0.1) is 5.92 Å². The summed E-state index contributed by atoms with van der Waals surface area (Å²) in [5.74, 6) is 1.92. The van der Waals surface area contributed by atoms with Gasteiger partial charge < -0.3 is 15.2 Å². The van der Waals surface area contributed by atoms with Crippen LogP contribution in [0.3, 0.4) is 0 Å². The molecule has 33 heavy (non-hydrogen) atoms. The van der Waals surface area contributed by atoms with Gasteiger partial charge in [0.25, 0.3) is 0 Å². The summed E-state index contributed by atoms with van der Waals surface area (Å²) in [7, 11) is 1.67. The summed E-state index contributed by atoms with van der Waals surface area (Å²) in [6.07, 6.45) is 7.62. The third kappa shape index (κ3) is 4.25. The Morgan fingerprint density at radius 2 is 2.18 bits per heavy atom. The van der Waals surface area contributed by atoms with E-state index in [9.17, 15) is 9.90 Å². The number of carbonyl (C=O) groups excluding carboxylic acids is 1. The minimum Gasteiger partial charge on any atom is -0.495 e. The highest BCUT2D eigenvalue weighted by molar-refractivity contribution is 7.19. The molecular formula is C25H28N4O3S. The van der Waals surface area contributed by atoms with Crippen molar-refractivity contribution in [3.8, 4) is 5.75 Å². The predicted octanol–water partition coefficient (Wildman–Crippen LogP) is 4.60. The standard InChI is InChI=1S/C25H28N4O3S/c1-25(2,31)21(30)7-5-14-4-6-17-20(8-14)33-24-22(17)23(27-13-28-24)29-18-9-15-11-26-12-16(15)10-19(18)32-3/h9-11,13-14,31H,4-8,12H2,1-3H3,(H,27,28,29). The van der Waals surface area contributed by atoms with E-state index in [-0.39, 0.29) is 5.78 Å². The van der Waals surface area contributed by atoms with E-state index >= 15 is 0 Å². The summed E-state index contributed by atoms with van der Waals surface area (Å²) in [5.41, 5.74) is 3.18. The highest BCUT2D eigenvalue weighted by atomic mass is 32.1. The quantitative estimate of drug-likeness (QED) is 0.530. The maximum atomic E-state index is 12.1. The molecular weight excluding hydrogens is 436 g/mol. The molecule has 5 rings (SSSR count). The molecule has 1 unspecified atom stereocenters. The molecule has 3 aromatic rings. The fourth-order valence-corrected chi connectivity index (χ4v) is 5.99. The number of fused-ring (bicyclic) bond motifs is 4. The lowest BCUT2D eigenvalue weighted by molar-refractivity contribution is -0.134. The maximum Gasteiger partial charge on any atom is 0.163 e. The van der Waals surface area contributed by atoms with Crippen LogP contribution < -0.4 is 10.1 Å². The molecule has 7 nitrogen and oxygen atoms in total. The average molecular weight is 465 g/mol. The number of hydrogen-bond acceptors (Lipinski definition) is 8. The van der Waals surface area contributed by atoms with Gasteiger partial charge in [-0.05, 0) is 74.3 Å². The molecule has 2 aromatic heterocycles. The number of thiophene rings is 1. The van der Waals surface area contributed by atoms with Crippen LogP contribution in [0.2, 0.25) is 0 Å². The van der Waals surface area contributed by atoms with Crippen LogP contribution in [0.25, 0.3) is 10.2 Å². The Morgan fingerprint density at radius 1 is 1.33 bits per heavy atom. The number of ether oxygens (including phenoxy) is 1. The highest BCUT2D eigenvalue weighted by Gasteiger charge is 2.28. The lowest BCUT2D eigenvalue weighted by Gasteiger charge is -2.23. The van der Waals surface area contributed by atoms with Crippen LogP contribution in [0.1, 0.15) is 54.7 Å². The summed E-state index contributed by atoms with van der Waals surface area (Å²) in [6.45, 7) is 3.82. The van der Waals surface area contributed by atoms with E-state index in [1.54, 1.807) is 38.6 Å². The molecule has 0 spiro atoms. The zero-order valence-electron chi connectivity index (χ0n) is 19.1. The van der Waals surface area contributed by atoms with E-state index in [0.717, 1.165) is 64.3 Å². The van der Waals surface area contributed by atoms with E-state index < -0.39 is 5.60 Å². The number of nitrogens with zero attached hydrogens (tertiary/aromatic N) is 3. The van der Waals surface area contributed by atoms with E-state index in [1.807, 2.05) is 12.3 Å². The van der Waals surface area contributed by atoms with Crippen molar-refractivity contribution < 1.29 is 14.6 Å². The number of anilines is 2. The number of aromatic nitrogens is 2. The molecule has 0 saturated carbocycles. The first kappa shape index (κ1) is 22.0. The fraction of sp³-hybridized carbons (Fsp3) is 0.440. The van der Waals surface area contributed by atoms with Gasteiger partial charge in [-0.25, -0.2) is 9.97 Å². The van der Waals surface area contributed by atoms with Crippen LogP contribution in [-0.2, 0) is 24.2 Å². The van der Waals surface area contributed by atoms with Gasteiger partial charge in [0, 0.05) is 17.5 Å². The Kier molecular flexibility index (Phi) is 5.66. The van der Waals surface area contributed by atoms with Crippen molar-refractivity contribution >= 4 is 45.1 Å². The summed E-state index contributed by atoms with van der Waals surface area (Å²) in [5, 5.41) is 14.5. The number of methoxy groups -OCH3 is 1. The molecule has 3 heterocycles. The van der Waals surface area contributed by atoms with Gasteiger partial charge >= 0.3 is 0 Å². The topological polar surface area (TPSA) is 96.7 Å². The molecule has 172 valence electrons. The summed E-state index contributed by atoms with van der Waals surface area (Å²) >= 11 is 1.72. The Balaban J connectivity index is 1.41. The minimum absolute atomic E-state index is 0.0877. The number of nitrogens with one attached hydrogen (secondary N) is 1. The van der Waals surface area contributed by atoms with Gasteiger partial charge in [-0.1, -0.05) is 0 Å². The Bertz CT molecular complexity index is 1260. The molecule has 1 aromatic carbocycles. The van der Waals surface area contributed by atoms with Crippen LogP contribution in [0.5, 0.6) is 5.75 Å². The van der Waals surface area contributed by atoms with Crippen molar-refractivity contribution in [1.29, 1.82) is 0 Å². The molecule has 1 atom stereocenters. The van der Waals surface area contributed by atoms with Crippen LogP contribution >= 0.6 is 11.3 Å². The van der Waals surface area contributed by atoms with E-state index in [0.29, 0.717) is 18.9 Å². The Hall–Kier alpha value is -2.84. The molecule has 1 aliphatic heterocycles. The normalized spacial score (nSPS) is 17.2. The zero-order chi connectivity index (χ0) is 23.2. The first-order valence-corrected chi connectivity index (χ1v) is 12.1. The first-order valence-electron chi connectivity index (χ1n) is 11.3. The second-order valence-electron chi connectivity index (χ2n) is 9.38. The van der Waals surface area contributed by atoms with Crippen molar-refractivity contribution in [2.75, 3.05) is 12.4 Å². The molecule has 0 saturated heterocycles. The lowest BCUT2D eigenvalue weighted by Crippen LogP contribution is -2.31. The molecule has 0 fully saturated rings. The molecule has 0 radical (unpaired) electrons. The van der Waals surface area contributed by atoms with Crippen molar-refractivity contribution in [3.05, 3.63) is 40.0 Å². The number of ketones is 1. The van der Waals surface area contributed by atoms with Crippen molar-refractivity contribution in [3.63, 3.8) is 0 Å². The third-order valence-corrected chi connectivity index (χ3v) is 7.78. The smallest absolute Gasteiger partial charge is 0.163 e. The minimum atomic E-state index is -1.25. The second kappa shape index (κ2) is 8.50. The number of benzene rings is 1. The van der Waals surface area contributed by atoms with Gasteiger partial charge in [0.05, 0.1) is 24.7 Å². The van der Waals surface area contributed by atoms with Crippen LogP contribution in [-0.4, -0.2) is 39.8 Å². The van der Waals surface area contributed by atoms with Crippen molar-refractivity contribution in [2.45, 2.75) is 58.1 Å². The fourth-order valence-electron chi connectivity index (χ4n) is 4.69. The third-order valence-electron chi connectivity index (χ3n) is 6.62. The maximum absolute atomic E-state index is 12.1. The van der Waals surface area contributed by atoms with Crippen molar-refractivity contribution in [2.24, 2.45) is 10.9 Å². The summed E-state index contributed by atoms with van der Waals surface area (Å²) in [6, 6.07) is 4.10. The molecule has 8 heteroatoms. The van der Waals surface area contributed by atoms with Gasteiger partial charge in [-0.15, -0.1) is 11.3 Å². The largest absolute Gasteiger partial charge is 0.495 e. The number of hydrogen-bond donors (Lipinski definition) is 2. The first-order chi connectivity index (χ1) is 15.8. The monoisotopic (exact) mass is 464 g/mol. The van der Waals surface area contributed by atoms with Crippen LogP contribution in [0.4, 0.5) is 11.5 Å². The molecule has 2 N–H and O–H groups in total. The Labute approximate surface area is 196 Å². The summed E-state index contributed by atoms with van der Waals surface area (Å²) in [4.78, 5) is 27.9. The van der Waals surface area contributed by atoms with Crippen LogP contribution in [0.15, 0.2) is 23.5 Å². The predicted molar refractivity (Wildman–Crippen MR) is 131 cm³/mol. The highest BCUT2D eigenvalue weighted by Crippen LogP contribution is 2.42. The van der Waals surface area contributed by atoms with Gasteiger partial charge in [0.15, 0.2) is 5.78 Å². The molecule has 0 bridgehead atoms. The number of rotatable bonds is 7. The van der Waals surface area contributed by atoms with Crippen molar-refractivity contribution in [1.82, 2.24) is 9.97 Å². The lowest BCUT2D eigenvalue weighted by atomic mass is 9.83. The van der Waals surface area contributed by atoms with Gasteiger partial charge in [-0.2, -0.15) is 0 Å². The zero-order valence-corrected chi connectivity index (χ0v) is 20.0. The molecule has 1 aliphatic carbocycles.